The Kier molecular flexibility index (Phi) is 5.61. The van der Waals surface area contributed by atoms with E-state index >= 15 is 0 Å². The van der Waals surface area contributed by atoms with Gasteiger partial charge >= 0.3 is 0 Å². The molecule has 1 heterocycles. The van der Waals surface area contributed by atoms with Crippen LogP contribution in [0.5, 0.6) is 5.75 Å². The summed E-state index contributed by atoms with van der Waals surface area (Å²) in [4.78, 5) is -0.189. The van der Waals surface area contributed by atoms with Gasteiger partial charge in [-0.25, -0.2) is 8.42 Å². The fourth-order valence-corrected chi connectivity index (χ4v) is 4.70. The van der Waals surface area contributed by atoms with Gasteiger partial charge in [0.1, 0.15) is 16.7 Å². The average molecular weight is 429 g/mol. The molecule has 0 aliphatic carbocycles. The highest BCUT2D eigenvalue weighted by atomic mass is 32.2. The Bertz CT molecular complexity index is 1410. The van der Waals surface area contributed by atoms with Gasteiger partial charge in [0.25, 0.3) is 0 Å². The predicted molar refractivity (Wildman–Crippen MR) is 121 cm³/mol. The first-order valence-electron chi connectivity index (χ1n) is 9.65. The zero-order valence-electron chi connectivity index (χ0n) is 16.9. The molecule has 0 spiro atoms. The second kappa shape index (κ2) is 8.50. The SMILES string of the molecule is COc1cccc(Cn2cc(/C=C(\C#N)S(=O)(=O)c3ccccc3)c3ccccc32)c1. The number of ether oxygens (including phenoxy) is 1. The number of hydrogen-bond acceptors (Lipinski definition) is 4. The van der Waals surface area contributed by atoms with E-state index in [1.165, 1.54) is 18.2 Å². The molecule has 154 valence electrons. The number of fused-ring (bicyclic) bond motifs is 1. The van der Waals surface area contributed by atoms with Crippen molar-refractivity contribution in [1.29, 1.82) is 5.26 Å². The van der Waals surface area contributed by atoms with E-state index in [0.29, 0.717) is 12.1 Å². The van der Waals surface area contributed by atoms with Crippen LogP contribution >= 0.6 is 0 Å². The number of nitrogens with zero attached hydrogens (tertiary/aromatic N) is 2. The van der Waals surface area contributed by atoms with Gasteiger partial charge in [0, 0.05) is 29.2 Å². The standard InChI is InChI=1S/C25H20N2O3S/c1-30-21-9-7-8-19(14-21)17-27-18-20(24-12-5-6-13-25(24)27)15-23(16-26)31(28,29)22-10-3-2-4-11-22/h2-15,18H,17H2,1H3/b23-15+. The lowest BCUT2D eigenvalue weighted by molar-refractivity contribution is 0.414. The summed E-state index contributed by atoms with van der Waals surface area (Å²) in [6.45, 7) is 0.582. The van der Waals surface area contributed by atoms with Crippen molar-refractivity contribution in [2.24, 2.45) is 0 Å². The number of sulfone groups is 1. The predicted octanol–water partition coefficient (Wildman–Crippen LogP) is 5.04. The number of hydrogen-bond donors (Lipinski definition) is 0. The number of aromatic nitrogens is 1. The third kappa shape index (κ3) is 4.09. The molecule has 0 unspecified atom stereocenters. The van der Waals surface area contributed by atoms with Crippen molar-refractivity contribution in [2.75, 3.05) is 7.11 Å². The van der Waals surface area contributed by atoms with Crippen molar-refractivity contribution in [3.8, 4) is 11.8 Å². The molecular weight excluding hydrogens is 408 g/mol. The first kappa shape index (κ1) is 20.5. The van der Waals surface area contributed by atoms with Crippen LogP contribution in [0.3, 0.4) is 0 Å². The van der Waals surface area contributed by atoms with Crippen molar-refractivity contribution in [3.05, 3.63) is 101 Å². The van der Waals surface area contributed by atoms with Gasteiger partial charge in [-0.3, -0.25) is 0 Å². The number of benzene rings is 3. The van der Waals surface area contributed by atoms with Gasteiger partial charge in [-0.05, 0) is 42.0 Å². The maximum atomic E-state index is 13.0. The minimum absolute atomic E-state index is 0.0999. The Balaban J connectivity index is 1.80. The molecule has 0 fully saturated rings. The molecule has 4 aromatic rings. The molecule has 0 N–H and O–H groups in total. The highest BCUT2D eigenvalue weighted by Gasteiger charge is 2.21. The van der Waals surface area contributed by atoms with E-state index in [1.54, 1.807) is 25.3 Å². The molecule has 3 aromatic carbocycles. The van der Waals surface area contributed by atoms with Crippen LogP contribution in [-0.2, 0) is 16.4 Å². The zero-order valence-corrected chi connectivity index (χ0v) is 17.7. The maximum Gasteiger partial charge on any atom is 0.216 e. The minimum atomic E-state index is -3.90. The molecule has 0 aliphatic heterocycles. The van der Waals surface area contributed by atoms with Gasteiger partial charge in [-0.15, -0.1) is 0 Å². The Morgan fingerprint density at radius 1 is 1.03 bits per heavy atom. The van der Waals surface area contributed by atoms with Crippen LogP contribution in [0, 0.1) is 11.3 Å². The minimum Gasteiger partial charge on any atom is -0.497 e. The Morgan fingerprint density at radius 3 is 2.52 bits per heavy atom. The fourth-order valence-electron chi connectivity index (χ4n) is 3.53. The molecule has 0 bridgehead atoms. The smallest absolute Gasteiger partial charge is 0.216 e. The van der Waals surface area contributed by atoms with Crippen LogP contribution in [0.15, 0.2) is 94.9 Å². The summed E-state index contributed by atoms with van der Waals surface area (Å²) in [5.74, 6) is 0.773. The maximum absolute atomic E-state index is 13.0. The third-order valence-electron chi connectivity index (χ3n) is 5.05. The molecule has 0 amide bonds. The summed E-state index contributed by atoms with van der Waals surface area (Å²) in [5.41, 5.74) is 2.67. The van der Waals surface area contributed by atoms with Crippen molar-refractivity contribution >= 4 is 26.8 Å². The molecule has 0 radical (unpaired) electrons. The topological polar surface area (TPSA) is 72.1 Å². The van der Waals surface area contributed by atoms with Crippen molar-refractivity contribution in [1.82, 2.24) is 4.57 Å². The molecule has 1 aromatic heterocycles. The molecule has 31 heavy (non-hydrogen) atoms. The largest absolute Gasteiger partial charge is 0.497 e. The highest BCUT2D eigenvalue weighted by molar-refractivity contribution is 7.95. The number of para-hydroxylation sites is 1. The lowest BCUT2D eigenvalue weighted by Crippen LogP contribution is -2.03. The zero-order chi connectivity index (χ0) is 21.8. The van der Waals surface area contributed by atoms with Crippen LogP contribution in [0.2, 0.25) is 0 Å². The second-order valence-electron chi connectivity index (χ2n) is 7.02. The first-order chi connectivity index (χ1) is 15.0. The van der Waals surface area contributed by atoms with E-state index in [0.717, 1.165) is 22.2 Å². The molecular formula is C25H20N2O3S. The second-order valence-corrected chi connectivity index (χ2v) is 8.94. The summed E-state index contributed by atoms with van der Waals surface area (Å²) in [7, 11) is -2.27. The lowest BCUT2D eigenvalue weighted by atomic mass is 10.1. The van der Waals surface area contributed by atoms with E-state index in [1.807, 2.05) is 65.4 Å². The molecule has 5 nitrogen and oxygen atoms in total. The monoisotopic (exact) mass is 428 g/mol. The van der Waals surface area contributed by atoms with Gasteiger partial charge in [0.2, 0.25) is 9.84 Å². The first-order valence-corrected chi connectivity index (χ1v) is 11.1. The average Bonchev–Trinajstić information content (AvgIpc) is 3.15. The molecule has 0 aliphatic rings. The molecule has 0 saturated carbocycles. The van der Waals surface area contributed by atoms with Gasteiger partial charge in [0.05, 0.1) is 12.0 Å². The van der Waals surface area contributed by atoms with E-state index in [2.05, 4.69) is 0 Å². The van der Waals surface area contributed by atoms with Crippen LogP contribution in [-0.4, -0.2) is 20.1 Å². The normalized spacial score (nSPS) is 11.9. The van der Waals surface area contributed by atoms with Gasteiger partial charge < -0.3 is 9.30 Å². The van der Waals surface area contributed by atoms with Crippen molar-refractivity contribution in [2.45, 2.75) is 11.4 Å². The fraction of sp³-hybridized carbons (Fsp3) is 0.0800. The summed E-state index contributed by atoms with van der Waals surface area (Å²) >= 11 is 0. The lowest BCUT2D eigenvalue weighted by Gasteiger charge is -2.07. The van der Waals surface area contributed by atoms with Crippen molar-refractivity contribution in [3.63, 3.8) is 0 Å². The number of allylic oxidation sites excluding steroid dienone is 1. The van der Waals surface area contributed by atoms with Gasteiger partial charge in [-0.2, -0.15) is 5.26 Å². The van der Waals surface area contributed by atoms with Gasteiger partial charge in [0.15, 0.2) is 0 Å². The molecule has 0 saturated heterocycles. The van der Waals surface area contributed by atoms with Crippen LogP contribution in [0.4, 0.5) is 0 Å². The number of rotatable bonds is 6. The van der Waals surface area contributed by atoms with Crippen molar-refractivity contribution < 1.29 is 13.2 Å². The van der Waals surface area contributed by atoms with E-state index in [-0.39, 0.29) is 9.80 Å². The van der Waals surface area contributed by atoms with Gasteiger partial charge in [-0.1, -0.05) is 48.5 Å². The third-order valence-corrected chi connectivity index (χ3v) is 6.73. The van der Waals surface area contributed by atoms with Crippen LogP contribution in [0.1, 0.15) is 11.1 Å². The number of nitriles is 1. The van der Waals surface area contributed by atoms with E-state index in [4.69, 9.17) is 4.74 Å². The Labute approximate surface area is 181 Å². The van der Waals surface area contributed by atoms with E-state index < -0.39 is 9.84 Å². The molecule has 0 atom stereocenters. The summed E-state index contributed by atoms with van der Waals surface area (Å²) in [5, 5.41) is 10.5. The van der Waals surface area contributed by atoms with Crippen LogP contribution < -0.4 is 4.74 Å². The molecule has 6 heteroatoms. The molecule has 4 rings (SSSR count). The summed E-state index contributed by atoms with van der Waals surface area (Å²) in [6, 6.07) is 25.4. The summed E-state index contributed by atoms with van der Waals surface area (Å²) < 4.78 is 33.3. The Morgan fingerprint density at radius 2 is 1.77 bits per heavy atom. The quantitative estimate of drug-likeness (QED) is 0.404. The Hall–Kier alpha value is -3.82. The van der Waals surface area contributed by atoms with Crippen LogP contribution in [0.25, 0.3) is 17.0 Å². The highest BCUT2D eigenvalue weighted by Crippen LogP contribution is 2.28. The number of methoxy groups -OCH3 is 1. The summed E-state index contributed by atoms with van der Waals surface area (Å²) in [6.07, 6.45) is 3.33. The van der Waals surface area contributed by atoms with E-state index in [9.17, 15) is 13.7 Å².